The fraction of sp³-hybridized carbons (Fsp3) is 0.737. The van der Waals surface area contributed by atoms with E-state index in [1.165, 1.54) is 68.1 Å². The molecule has 0 aliphatic heterocycles. The highest BCUT2D eigenvalue weighted by atomic mass is 16.4. The number of hydrogen-bond acceptors (Lipinski definition) is 4. The Morgan fingerprint density at radius 1 is 0.614 bits per heavy atom. The van der Waals surface area contributed by atoms with Crippen LogP contribution >= 0.6 is 0 Å². The normalized spacial score (nSPS) is 12.2. The first-order valence-electron chi connectivity index (χ1n) is 17.9. The van der Waals surface area contributed by atoms with Gasteiger partial charge in [0.2, 0.25) is 0 Å². The van der Waals surface area contributed by atoms with Crippen molar-refractivity contribution in [3.05, 3.63) is 45.8 Å². The highest BCUT2D eigenvalue weighted by molar-refractivity contribution is 5.66. The lowest BCUT2D eigenvalue weighted by Gasteiger charge is -2.14. The molecule has 0 bridgehead atoms. The topological polar surface area (TPSA) is 101 Å². The van der Waals surface area contributed by atoms with E-state index < -0.39 is 11.9 Å². The second-order valence-corrected chi connectivity index (χ2v) is 12.9. The second kappa shape index (κ2) is 22.1. The van der Waals surface area contributed by atoms with Crippen LogP contribution in [0.2, 0.25) is 0 Å². The summed E-state index contributed by atoms with van der Waals surface area (Å²) in [5.41, 5.74) is 3.92. The summed E-state index contributed by atoms with van der Waals surface area (Å²) in [7, 11) is 0. The van der Waals surface area contributed by atoms with Gasteiger partial charge in [0.25, 0.3) is 0 Å². The Balaban J connectivity index is 1.84. The van der Waals surface area contributed by atoms with Crippen LogP contribution in [0.1, 0.15) is 188 Å². The van der Waals surface area contributed by atoms with Crippen LogP contribution in [0.15, 0.2) is 14.9 Å². The number of carboxylic acid groups (broad SMARTS) is 2. The van der Waals surface area contributed by atoms with Gasteiger partial charge in [-0.2, -0.15) is 0 Å². The summed E-state index contributed by atoms with van der Waals surface area (Å²) in [6.07, 6.45) is 23.5. The van der Waals surface area contributed by atoms with Crippen LogP contribution in [0.4, 0.5) is 0 Å². The molecule has 0 saturated carbocycles. The molecule has 2 N–H and O–H groups in total. The van der Waals surface area contributed by atoms with Crippen LogP contribution in [-0.4, -0.2) is 22.2 Å². The molecule has 250 valence electrons. The highest BCUT2D eigenvalue weighted by Crippen LogP contribution is 2.38. The third-order valence-electron chi connectivity index (χ3n) is 9.16. The molecule has 2 rings (SSSR count). The van der Waals surface area contributed by atoms with Crippen LogP contribution in [0, 0.1) is 13.8 Å². The van der Waals surface area contributed by atoms with Gasteiger partial charge < -0.3 is 19.0 Å². The Morgan fingerprint density at radius 2 is 1.09 bits per heavy atom. The van der Waals surface area contributed by atoms with Gasteiger partial charge in [-0.05, 0) is 69.6 Å². The number of furan rings is 2. The Bertz CT molecular complexity index is 1080. The SMILES string of the molecule is CCCc1oc(CCCCCCCCCCC(=O)O)cc1C(CC)c1oc(CCCCCCCCCCC(=O)O)c(C)c1C. The number of aliphatic carboxylic acids is 2. The van der Waals surface area contributed by atoms with Crippen LogP contribution < -0.4 is 0 Å². The molecule has 0 saturated heterocycles. The zero-order valence-corrected chi connectivity index (χ0v) is 28.4. The van der Waals surface area contributed by atoms with E-state index in [9.17, 15) is 9.59 Å². The predicted molar refractivity (Wildman–Crippen MR) is 179 cm³/mol. The van der Waals surface area contributed by atoms with Gasteiger partial charge >= 0.3 is 11.9 Å². The van der Waals surface area contributed by atoms with Gasteiger partial charge in [0.1, 0.15) is 23.0 Å². The molecule has 0 aromatic carbocycles. The van der Waals surface area contributed by atoms with Gasteiger partial charge in [0.15, 0.2) is 0 Å². The van der Waals surface area contributed by atoms with Crippen LogP contribution in [0.25, 0.3) is 0 Å². The average Bonchev–Trinajstić information content (AvgIpc) is 3.51. The summed E-state index contributed by atoms with van der Waals surface area (Å²) in [6, 6.07) is 2.32. The molecule has 0 spiro atoms. The maximum atomic E-state index is 10.6. The van der Waals surface area contributed by atoms with Gasteiger partial charge in [-0.25, -0.2) is 0 Å². The highest BCUT2D eigenvalue weighted by Gasteiger charge is 2.26. The number of carboxylic acids is 2. The molecular formula is C38H62O6. The Morgan fingerprint density at radius 3 is 1.57 bits per heavy atom. The Labute approximate surface area is 267 Å². The number of unbranched alkanes of at least 4 members (excludes halogenated alkanes) is 14. The molecule has 44 heavy (non-hydrogen) atoms. The molecule has 0 aliphatic rings. The summed E-state index contributed by atoms with van der Waals surface area (Å²) >= 11 is 0. The van der Waals surface area contributed by atoms with Crippen LogP contribution in [-0.2, 0) is 28.9 Å². The van der Waals surface area contributed by atoms with Crippen molar-refractivity contribution in [1.82, 2.24) is 0 Å². The van der Waals surface area contributed by atoms with Crippen molar-refractivity contribution in [3.8, 4) is 0 Å². The van der Waals surface area contributed by atoms with Crippen molar-refractivity contribution in [2.45, 2.75) is 181 Å². The van der Waals surface area contributed by atoms with Crippen molar-refractivity contribution >= 4 is 11.9 Å². The predicted octanol–water partition coefficient (Wildman–Crippen LogP) is 11.3. The van der Waals surface area contributed by atoms with E-state index in [4.69, 9.17) is 19.0 Å². The van der Waals surface area contributed by atoms with E-state index in [2.05, 4.69) is 33.8 Å². The first kappa shape index (κ1) is 37.7. The maximum absolute atomic E-state index is 10.6. The van der Waals surface area contributed by atoms with Crippen molar-refractivity contribution in [2.75, 3.05) is 0 Å². The average molecular weight is 615 g/mol. The largest absolute Gasteiger partial charge is 0.481 e. The van der Waals surface area contributed by atoms with E-state index in [1.807, 2.05) is 0 Å². The lowest BCUT2D eigenvalue weighted by molar-refractivity contribution is -0.138. The molecule has 2 aromatic heterocycles. The summed E-state index contributed by atoms with van der Waals surface area (Å²) in [5, 5.41) is 17.5. The third kappa shape index (κ3) is 14.1. The van der Waals surface area contributed by atoms with Crippen molar-refractivity contribution < 1.29 is 28.6 Å². The molecule has 0 aliphatic carbocycles. The second-order valence-electron chi connectivity index (χ2n) is 12.9. The van der Waals surface area contributed by atoms with Crippen LogP contribution in [0.3, 0.4) is 0 Å². The number of aryl methyl sites for hydroxylation is 3. The van der Waals surface area contributed by atoms with E-state index in [-0.39, 0.29) is 5.92 Å². The van der Waals surface area contributed by atoms with Gasteiger partial charge in [0.05, 0.1) is 0 Å². The van der Waals surface area contributed by atoms with E-state index in [1.54, 1.807) is 0 Å². The lowest BCUT2D eigenvalue weighted by atomic mass is 9.90. The van der Waals surface area contributed by atoms with Crippen molar-refractivity contribution in [1.29, 1.82) is 0 Å². The minimum absolute atomic E-state index is 0.226. The molecule has 6 nitrogen and oxygen atoms in total. The smallest absolute Gasteiger partial charge is 0.303 e. The molecule has 0 amide bonds. The van der Waals surface area contributed by atoms with Gasteiger partial charge in [0, 0.05) is 43.6 Å². The van der Waals surface area contributed by atoms with Crippen molar-refractivity contribution in [2.24, 2.45) is 0 Å². The summed E-state index contributed by atoms with van der Waals surface area (Å²) in [5.74, 6) is 3.37. The fourth-order valence-electron chi connectivity index (χ4n) is 6.40. The monoisotopic (exact) mass is 614 g/mol. The summed E-state index contributed by atoms with van der Waals surface area (Å²) < 4.78 is 13.1. The molecule has 1 unspecified atom stereocenters. The summed E-state index contributed by atoms with van der Waals surface area (Å²) in [4.78, 5) is 21.2. The lowest BCUT2D eigenvalue weighted by Crippen LogP contribution is -2.02. The molecule has 6 heteroatoms. The number of hydrogen-bond donors (Lipinski definition) is 2. The minimum atomic E-state index is -0.684. The standard InChI is InChI=1S/C38H62O6/c1-5-23-35-33(28-31(43-35)24-19-15-11-7-9-13-17-21-26-36(39)40)32(6-2)38-30(4)29(3)34(44-38)25-20-16-12-8-10-14-18-22-27-37(41)42/h28,32H,5-27H2,1-4H3,(H,39,40)(H,41,42). The molecule has 0 radical (unpaired) electrons. The molecule has 1 atom stereocenters. The zero-order valence-electron chi connectivity index (χ0n) is 28.4. The number of rotatable bonds is 27. The molecule has 0 fully saturated rings. The molecular weight excluding hydrogens is 552 g/mol. The van der Waals surface area contributed by atoms with Crippen LogP contribution in [0.5, 0.6) is 0 Å². The van der Waals surface area contributed by atoms with Crippen molar-refractivity contribution in [3.63, 3.8) is 0 Å². The van der Waals surface area contributed by atoms with E-state index >= 15 is 0 Å². The molecule has 2 aromatic rings. The number of carbonyl (C=O) groups is 2. The Hall–Kier alpha value is -2.50. The minimum Gasteiger partial charge on any atom is -0.481 e. The van der Waals surface area contributed by atoms with Gasteiger partial charge in [-0.3, -0.25) is 9.59 Å². The maximum Gasteiger partial charge on any atom is 0.303 e. The first-order valence-corrected chi connectivity index (χ1v) is 17.9. The zero-order chi connectivity index (χ0) is 32.2. The van der Waals surface area contributed by atoms with E-state index in [0.29, 0.717) is 12.8 Å². The molecule has 2 heterocycles. The Kier molecular flexibility index (Phi) is 18.9. The van der Waals surface area contributed by atoms with E-state index in [0.717, 1.165) is 107 Å². The first-order chi connectivity index (χ1) is 21.3. The quantitative estimate of drug-likeness (QED) is 0.0971. The third-order valence-corrected chi connectivity index (χ3v) is 9.16. The van der Waals surface area contributed by atoms with Gasteiger partial charge in [-0.15, -0.1) is 0 Å². The summed E-state index contributed by atoms with van der Waals surface area (Å²) in [6.45, 7) is 8.91. The van der Waals surface area contributed by atoms with Gasteiger partial charge in [-0.1, -0.05) is 90.9 Å². The fourth-order valence-corrected chi connectivity index (χ4v) is 6.40.